The molecule has 2 heterocycles. The predicted molar refractivity (Wildman–Crippen MR) is 136 cm³/mol. The first-order valence-corrected chi connectivity index (χ1v) is 12.2. The van der Waals surface area contributed by atoms with Crippen LogP contribution in [-0.4, -0.2) is 43.0 Å². The third kappa shape index (κ3) is 4.65. The molecule has 34 heavy (non-hydrogen) atoms. The monoisotopic (exact) mass is 470 g/mol. The van der Waals surface area contributed by atoms with Crippen molar-refractivity contribution in [3.63, 3.8) is 0 Å². The molecule has 0 spiro atoms. The summed E-state index contributed by atoms with van der Waals surface area (Å²) >= 11 is 1.49. The number of carbonyl (C=O) groups excluding carboxylic acids is 2. The van der Waals surface area contributed by atoms with Crippen LogP contribution in [0.5, 0.6) is 0 Å². The van der Waals surface area contributed by atoms with E-state index in [2.05, 4.69) is 25.1 Å². The summed E-state index contributed by atoms with van der Waals surface area (Å²) in [4.78, 5) is 31.7. The average Bonchev–Trinajstić information content (AvgIpc) is 2.88. The quantitative estimate of drug-likeness (QED) is 0.495. The molecule has 2 amide bonds. The Morgan fingerprint density at radius 2 is 1.68 bits per heavy atom. The summed E-state index contributed by atoms with van der Waals surface area (Å²) in [7, 11) is 0. The average molecular weight is 471 g/mol. The topological polar surface area (TPSA) is 49.9 Å². The number of benzene rings is 3. The number of nitrogens with zero attached hydrogens (tertiary/aromatic N) is 2. The van der Waals surface area contributed by atoms with Crippen molar-refractivity contribution < 1.29 is 14.3 Å². The highest BCUT2D eigenvalue weighted by molar-refractivity contribution is 8.04. The minimum atomic E-state index is -0.0135. The Morgan fingerprint density at radius 3 is 2.44 bits per heavy atom. The van der Waals surface area contributed by atoms with E-state index < -0.39 is 0 Å². The fourth-order valence-electron chi connectivity index (χ4n) is 4.20. The number of amides is 2. The van der Waals surface area contributed by atoms with E-state index in [1.54, 1.807) is 0 Å². The second-order valence-electron chi connectivity index (χ2n) is 8.42. The third-order valence-corrected chi connectivity index (χ3v) is 7.25. The van der Waals surface area contributed by atoms with Crippen molar-refractivity contribution in [3.8, 4) is 0 Å². The van der Waals surface area contributed by atoms with Crippen LogP contribution in [-0.2, 0) is 16.1 Å². The first kappa shape index (κ1) is 22.4. The summed E-state index contributed by atoms with van der Waals surface area (Å²) in [5.41, 5.74) is 4.77. The van der Waals surface area contributed by atoms with Gasteiger partial charge < -0.3 is 14.5 Å². The summed E-state index contributed by atoms with van der Waals surface area (Å²) in [6, 6.07) is 23.7. The van der Waals surface area contributed by atoms with Crippen molar-refractivity contribution in [3.05, 3.63) is 100.0 Å². The van der Waals surface area contributed by atoms with Crippen LogP contribution in [0.25, 0.3) is 6.08 Å². The van der Waals surface area contributed by atoms with Gasteiger partial charge in [-0.15, -0.1) is 0 Å². The number of para-hydroxylation sites is 1. The number of anilines is 1. The van der Waals surface area contributed by atoms with Crippen molar-refractivity contribution in [1.82, 2.24) is 4.90 Å². The minimum absolute atomic E-state index is 0.0135. The molecule has 0 bridgehead atoms. The molecule has 5 nitrogen and oxygen atoms in total. The highest BCUT2D eigenvalue weighted by atomic mass is 32.2. The predicted octanol–water partition coefficient (Wildman–Crippen LogP) is 5.15. The maximum atomic E-state index is 13.6. The molecule has 0 N–H and O–H groups in total. The minimum Gasteiger partial charge on any atom is -0.378 e. The number of thioether (sulfide) groups is 1. The number of ether oxygens (including phenoxy) is 1. The molecule has 5 rings (SSSR count). The number of fused-ring (bicyclic) bond motifs is 1. The highest BCUT2D eigenvalue weighted by Gasteiger charge is 2.29. The van der Waals surface area contributed by atoms with Crippen LogP contribution in [0.4, 0.5) is 5.69 Å². The molecule has 0 unspecified atom stereocenters. The van der Waals surface area contributed by atoms with E-state index in [1.165, 1.54) is 11.8 Å². The molecule has 6 heteroatoms. The maximum Gasteiger partial charge on any atom is 0.265 e. The van der Waals surface area contributed by atoms with Gasteiger partial charge in [0, 0.05) is 23.5 Å². The zero-order chi connectivity index (χ0) is 23.5. The van der Waals surface area contributed by atoms with E-state index in [9.17, 15) is 9.59 Å². The maximum absolute atomic E-state index is 13.6. The second kappa shape index (κ2) is 9.87. The molecule has 3 aromatic carbocycles. The van der Waals surface area contributed by atoms with Gasteiger partial charge in [-0.05, 0) is 54.0 Å². The summed E-state index contributed by atoms with van der Waals surface area (Å²) in [6.07, 6.45) is 1.91. The van der Waals surface area contributed by atoms with Crippen molar-refractivity contribution in [2.75, 3.05) is 31.2 Å². The molecular formula is C28H26N2O3S. The largest absolute Gasteiger partial charge is 0.378 e. The lowest BCUT2D eigenvalue weighted by molar-refractivity contribution is -0.114. The van der Waals surface area contributed by atoms with Crippen molar-refractivity contribution in [2.24, 2.45) is 0 Å². The van der Waals surface area contributed by atoms with Gasteiger partial charge in [0.05, 0.1) is 30.4 Å². The third-order valence-electron chi connectivity index (χ3n) is 6.18. The van der Waals surface area contributed by atoms with Gasteiger partial charge in [-0.25, -0.2) is 0 Å². The Hall–Kier alpha value is -3.35. The Morgan fingerprint density at radius 1 is 0.971 bits per heavy atom. The SMILES string of the molecule is Cc1ccccc1CN1C(=O)/C(=C\c2ccc(C(=O)N3CCOCC3)cc2)Sc2ccccc21. The molecule has 172 valence electrons. The van der Waals surface area contributed by atoms with E-state index in [-0.39, 0.29) is 11.8 Å². The van der Waals surface area contributed by atoms with E-state index in [0.717, 1.165) is 27.3 Å². The number of carbonyl (C=O) groups is 2. The first-order valence-electron chi connectivity index (χ1n) is 11.4. The molecule has 2 aliphatic rings. The zero-order valence-electron chi connectivity index (χ0n) is 19.1. The Bertz CT molecular complexity index is 1250. The zero-order valence-corrected chi connectivity index (χ0v) is 19.9. The fraction of sp³-hybridized carbons (Fsp3) is 0.214. The Balaban J connectivity index is 1.41. The number of rotatable bonds is 4. The number of hydrogen-bond donors (Lipinski definition) is 0. The number of aryl methyl sites for hydroxylation is 1. The van der Waals surface area contributed by atoms with Crippen molar-refractivity contribution in [2.45, 2.75) is 18.4 Å². The molecule has 1 fully saturated rings. The van der Waals surface area contributed by atoms with E-state index >= 15 is 0 Å². The summed E-state index contributed by atoms with van der Waals surface area (Å²) in [5.74, 6) is 0.00405. The van der Waals surface area contributed by atoms with Gasteiger partial charge in [-0.2, -0.15) is 0 Å². The lowest BCUT2D eigenvalue weighted by atomic mass is 10.1. The van der Waals surface area contributed by atoms with Crippen LogP contribution in [0.15, 0.2) is 82.6 Å². The summed E-state index contributed by atoms with van der Waals surface area (Å²) < 4.78 is 5.34. The van der Waals surface area contributed by atoms with E-state index in [0.29, 0.717) is 43.3 Å². The van der Waals surface area contributed by atoms with Crippen molar-refractivity contribution in [1.29, 1.82) is 0 Å². The standard InChI is InChI=1S/C28H26N2O3S/c1-20-6-2-3-7-23(20)19-30-24-8-4-5-9-25(24)34-26(28(30)32)18-21-10-12-22(13-11-21)27(31)29-14-16-33-17-15-29/h2-13,18H,14-17,19H2,1H3/b26-18+. The molecule has 0 aliphatic carbocycles. The van der Waals surface area contributed by atoms with Gasteiger partial charge in [0.1, 0.15) is 0 Å². The van der Waals surface area contributed by atoms with Gasteiger partial charge in [0.15, 0.2) is 0 Å². The fourth-order valence-corrected chi connectivity index (χ4v) is 5.26. The van der Waals surface area contributed by atoms with Crippen molar-refractivity contribution >= 4 is 35.3 Å². The van der Waals surface area contributed by atoms with Crippen LogP contribution in [0.3, 0.4) is 0 Å². The molecule has 3 aromatic rings. The summed E-state index contributed by atoms with van der Waals surface area (Å²) in [6.45, 7) is 4.98. The lowest BCUT2D eigenvalue weighted by Gasteiger charge is -2.31. The molecule has 0 atom stereocenters. The van der Waals surface area contributed by atoms with Gasteiger partial charge in [-0.3, -0.25) is 9.59 Å². The molecule has 2 aliphatic heterocycles. The van der Waals surface area contributed by atoms with E-state index in [1.807, 2.05) is 70.5 Å². The van der Waals surface area contributed by atoms with Gasteiger partial charge in [-0.1, -0.05) is 60.3 Å². The van der Waals surface area contributed by atoms with Crippen LogP contribution in [0.2, 0.25) is 0 Å². The number of morpholine rings is 1. The van der Waals surface area contributed by atoms with Gasteiger partial charge >= 0.3 is 0 Å². The van der Waals surface area contributed by atoms with Crippen LogP contribution < -0.4 is 4.90 Å². The van der Waals surface area contributed by atoms with Gasteiger partial charge in [0.2, 0.25) is 0 Å². The molecule has 0 radical (unpaired) electrons. The molecule has 1 saturated heterocycles. The van der Waals surface area contributed by atoms with Crippen LogP contribution in [0, 0.1) is 6.92 Å². The van der Waals surface area contributed by atoms with Crippen LogP contribution >= 0.6 is 11.8 Å². The smallest absolute Gasteiger partial charge is 0.265 e. The summed E-state index contributed by atoms with van der Waals surface area (Å²) in [5, 5.41) is 0. The first-order chi connectivity index (χ1) is 16.6. The Labute approximate surface area is 204 Å². The second-order valence-corrected chi connectivity index (χ2v) is 9.51. The Kier molecular flexibility index (Phi) is 6.52. The highest BCUT2D eigenvalue weighted by Crippen LogP contribution is 2.42. The normalized spacial score (nSPS) is 17.1. The number of hydrogen-bond acceptors (Lipinski definition) is 4. The molecular weight excluding hydrogens is 444 g/mol. The molecule has 0 aromatic heterocycles. The van der Waals surface area contributed by atoms with E-state index in [4.69, 9.17) is 4.74 Å². The lowest BCUT2D eigenvalue weighted by Crippen LogP contribution is -2.40. The van der Waals surface area contributed by atoms with Crippen LogP contribution in [0.1, 0.15) is 27.0 Å². The molecule has 0 saturated carbocycles. The van der Waals surface area contributed by atoms with Gasteiger partial charge in [0.25, 0.3) is 11.8 Å².